The second-order valence-corrected chi connectivity index (χ2v) is 7.54. The van der Waals surface area contributed by atoms with Crippen molar-refractivity contribution < 1.29 is 47.1 Å². The van der Waals surface area contributed by atoms with Gasteiger partial charge in [0, 0.05) is 33.4 Å². The first kappa shape index (κ1) is 23.0. The van der Waals surface area contributed by atoms with Crippen LogP contribution in [-0.4, -0.2) is 70.3 Å². The van der Waals surface area contributed by atoms with E-state index in [1.807, 2.05) is 0 Å². The van der Waals surface area contributed by atoms with E-state index in [9.17, 15) is 23.4 Å². The van der Waals surface area contributed by atoms with E-state index in [-0.39, 0.29) is 12.4 Å². The van der Waals surface area contributed by atoms with Crippen LogP contribution in [0.3, 0.4) is 0 Å². The fourth-order valence-electron chi connectivity index (χ4n) is 2.56. The highest BCUT2D eigenvalue weighted by molar-refractivity contribution is 7.85. The molecule has 154 valence electrons. The van der Waals surface area contributed by atoms with Gasteiger partial charge in [-0.3, -0.25) is 23.4 Å². The van der Waals surface area contributed by atoms with E-state index in [2.05, 4.69) is 0 Å². The first-order valence-corrected chi connectivity index (χ1v) is 9.62. The molecule has 1 heterocycles. The van der Waals surface area contributed by atoms with Gasteiger partial charge < -0.3 is 23.7 Å². The van der Waals surface area contributed by atoms with Gasteiger partial charge in [0.15, 0.2) is 23.7 Å². The van der Waals surface area contributed by atoms with Crippen LogP contribution >= 0.6 is 0 Å². The quantitative estimate of drug-likeness (QED) is 0.413. The zero-order valence-corrected chi connectivity index (χ0v) is 16.6. The van der Waals surface area contributed by atoms with Gasteiger partial charge in [0.1, 0.15) is 12.7 Å². The molecule has 1 saturated heterocycles. The average molecular weight is 408 g/mol. The number of carbonyl (C=O) groups is 4. The molecule has 0 aromatic carbocycles. The maximum absolute atomic E-state index is 12.4. The van der Waals surface area contributed by atoms with Gasteiger partial charge in [0.2, 0.25) is 0 Å². The molecular weight excluding hydrogens is 384 g/mol. The molecular formula is C16H24O10S. The third-order valence-corrected chi connectivity index (χ3v) is 4.96. The Morgan fingerprint density at radius 1 is 0.815 bits per heavy atom. The summed E-state index contributed by atoms with van der Waals surface area (Å²) in [6, 6.07) is 0. The van der Waals surface area contributed by atoms with Crippen molar-refractivity contribution in [2.45, 2.75) is 64.5 Å². The molecule has 0 spiro atoms. The number of carbonyl (C=O) groups excluding carboxylic acids is 4. The van der Waals surface area contributed by atoms with E-state index in [1.165, 1.54) is 6.92 Å². The van der Waals surface area contributed by atoms with Crippen LogP contribution in [-0.2, 0) is 53.7 Å². The van der Waals surface area contributed by atoms with Gasteiger partial charge in [-0.2, -0.15) is 0 Å². The van der Waals surface area contributed by atoms with Crippen LogP contribution in [0, 0.1) is 0 Å². The highest BCUT2D eigenvalue weighted by Crippen LogP contribution is 2.30. The van der Waals surface area contributed by atoms with Crippen molar-refractivity contribution in [1.82, 2.24) is 0 Å². The van der Waals surface area contributed by atoms with Crippen LogP contribution in [0.15, 0.2) is 0 Å². The first-order chi connectivity index (χ1) is 12.6. The summed E-state index contributed by atoms with van der Waals surface area (Å²) in [5.41, 5.74) is -1.17. The molecule has 1 rings (SSSR count). The highest BCUT2D eigenvalue weighted by Gasteiger charge is 2.53. The molecule has 1 aliphatic heterocycles. The van der Waals surface area contributed by atoms with Crippen molar-refractivity contribution in [3.63, 3.8) is 0 Å². The Labute approximate surface area is 159 Å². The molecule has 27 heavy (non-hydrogen) atoms. The highest BCUT2D eigenvalue weighted by atomic mass is 32.2. The van der Waals surface area contributed by atoms with Crippen LogP contribution in [0.5, 0.6) is 0 Å². The molecule has 0 radical (unpaired) electrons. The molecule has 0 N–H and O–H groups in total. The predicted octanol–water partition coefficient (Wildman–Crippen LogP) is -0.162. The fourth-order valence-corrected chi connectivity index (χ4v) is 3.67. The van der Waals surface area contributed by atoms with Crippen molar-refractivity contribution in [3.05, 3.63) is 0 Å². The largest absolute Gasteiger partial charge is 0.463 e. The van der Waals surface area contributed by atoms with Crippen LogP contribution < -0.4 is 0 Å². The van der Waals surface area contributed by atoms with Crippen molar-refractivity contribution >= 4 is 34.7 Å². The molecule has 0 aromatic rings. The van der Waals surface area contributed by atoms with Gasteiger partial charge in [0.05, 0.1) is 10.8 Å². The third-order valence-electron chi connectivity index (χ3n) is 3.49. The Morgan fingerprint density at radius 3 is 1.74 bits per heavy atom. The van der Waals surface area contributed by atoms with E-state index < -0.39 is 64.5 Å². The standard InChI is InChI=1S/C16H24O10S/c1-6-27(21)16-15(25-11(5)20)14(24-10(4)19)13(23-9(3)18)12(26-16)7-22-8(2)17/h12-16H,6-7H2,1-5H3/t12-,13-,14+,15+,16+,27?/m1/s1. The van der Waals surface area contributed by atoms with E-state index in [0.29, 0.717) is 0 Å². The fraction of sp³-hybridized carbons (Fsp3) is 0.750. The van der Waals surface area contributed by atoms with Gasteiger partial charge in [-0.25, -0.2) is 0 Å². The van der Waals surface area contributed by atoms with Crippen LogP contribution in [0.25, 0.3) is 0 Å². The minimum absolute atomic E-state index is 0.160. The molecule has 0 aliphatic carbocycles. The molecule has 0 aromatic heterocycles. The number of hydrogen-bond donors (Lipinski definition) is 0. The summed E-state index contributed by atoms with van der Waals surface area (Å²) < 4.78 is 38.7. The van der Waals surface area contributed by atoms with Gasteiger partial charge in [0.25, 0.3) is 0 Å². The van der Waals surface area contributed by atoms with E-state index in [1.54, 1.807) is 6.92 Å². The minimum Gasteiger partial charge on any atom is -0.463 e. The molecule has 6 atom stereocenters. The second kappa shape index (κ2) is 10.4. The summed E-state index contributed by atoms with van der Waals surface area (Å²) in [6.07, 6.45) is -4.87. The SMILES string of the molecule is CCS(=O)[C@@H]1O[C@H](COC(C)=O)[C@@H](OC(C)=O)[C@H](OC(C)=O)[C@@H]1OC(C)=O. The topological polar surface area (TPSA) is 132 Å². The molecule has 0 saturated carbocycles. The molecule has 1 unspecified atom stereocenters. The predicted molar refractivity (Wildman–Crippen MR) is 90.6 cm³/mol. The van der Waals surface area contributed by atoms with Crippen molar-refractivity contribution in [2.24, 2.45) is 0 Å². The van der Waals surface area contributed by atoms with Crippen molar-refractivity contribution in [1.29, 1.82) is 0 Å². The Balaban J connectivity index is 3.33. The van der Waals surface area contributed by atoms with Crippen LogP contribution in [0.4, 0.5) is 0 Å². The van der Waals surface area contributed by atoms with Gasteiger partial charge in [-0.1, -0.05) is 6.92 Å². The lowest BCUT2D eigenvalue weighted by Gasteiger charge is -2.43. The van der Waals surface area contributed by atoms with Gasteiger partial charge in [-0.15, -0.1) is 0 Å². The zero-order chi connectivity index (χ0) is 20.7. The first-order valence-electron chi connectivity index (χ1n) is 8.24. The molecule has 11 heteroatoms. The van der Waals surface area contributed by atoms with Crippen molar-refractivity contribution in [2.75, 3.05) is 12.4 Å². The molecule has 1 aliphatic rings. The van der Waals surface area contributed by atoms with Crippen molar-refractivity contribution in [3.8, 4) is 0 Å². The number of ether oxygens (including phenoxy) is 5. The molecule has 10 nitrogen and oxygen atoms in total. The Morgan fingerprint density at radius 2 is 1.30 bits per heavy atom. The summed E-state index contributed by atoms with van der Waals surface area (Å²) in [4.78, 5) is 45.8. The summed E-state index contributed by atoms with van der Waals surface area (Å²) in [7, 11) is -1.63. The maximum atomic E-state index is 12.4. The van der Waals surface area contributed by atoms with E-state index in [4.69, 9.17) is 23.7 Å². The van der Waals surface area contributed by atoms with Gasteiger partial charge in [-0.05, 0) is 0 Å². The van der Waals surface area contributed by atoms with Crippen LogP contribution in [0.2, 0.25) is 0 Å². The number of hydrogen-bond acceptors (Lipinski definition) is 10. The lowest BCUT2D eigenvalue weighted by Crippen LogP contribution is -2.63. The smallest absolute Gasteiger partial charge is 0.303 e. The lowest BCUT2D eigenvalue weighted by atomic mass is 9.99. The Kier molecular flexibility index (Phi) is 8.83. The monoisotopic (exact) mass is 408 g/mol. The number of rotatable bonds is 7. The maximum Gasteiger partial charge on any atom is 0.303 e. The summed E-state index contributed by atoms with van der Waals surface area (Å²) in [5, 5.41) is 0. The molecule has 1 fully saturated rings. The average Bonchev–Trinajstić information content (AvgIpc) is 2.54. The van der Waals surface area contributed by atoms with Gasteiger partial charge >= 0.3 is 23.9 Å². The number of esters is 4. The summed E-state index contributed by atoms with van der Waals surface area (Å²) >= 11 is 0. The third kappa shape index (κ3) is 6.90. The lowest BCUT2D eigenvalue weighted by molar-refractivity contribution is -0.238. The minimum atomic E-state index is -1.63. The molecule has 0 amide bonds. The second-order valence-electron chi connectivity index (χ2n) is 5.74. The molecule has 0 bridgehead atoms. The summed E-state index contributed by atoms with van der Waals surface area (Å²) in [6.45, 7) is 5.85. The summed E-state index contributed by atoms with van der Waals surface area (Å²) in [5.74, 6) is -2.62. The van der Waals surface area contributed by atoms with E-state index in [0.717, 1.165) is 20.8 Å². The normalized spacial score (nSPS) is 28.6. The Hall–Kier alpha value is -2.01. The zero-order valence-electron chi connectivity index (χ0n) is 15.8. The Bertz CT molecular complexity index is 604. The van der Waals surface area contributed by atoms with E-state index >= 15 is 0 Å². The van der Waals surface area contributed by atoms with Crippen LogP contribution in [0.1, 0.15) is 34.6 Å².